The lowest BCUT2D eigenvalue weighted by atomic mass is 10.1. The van der Waals surface area contributed by atoms with Crippen molar-refractivity contribution in [3.05, 3.63) is 35.9 Å². The van der Waals surface area contributed by atoms with Crippen LogP contribution in [0.2, 0.25) is 0 Å². The minimum absolute atomic E-state index is 0.153. The number of hydrogen-bond acceptors (Lipinski definition) is 2. The first-order chi connectivity index (χ1) is 6.66. The van der Waals surface area contributed by atoms with Crippen LogP contribution < -0.4 is 5.32 Å². The van der Waals surface area contributed by atoms with Gasteiger partial charge in [0.25, 0.3) is 0 Å². The molecule has 1 saturated heterocycles. The van der Waals surface area contributed by atoms with Crippen molar-refractivity contribution in [1.82, 2.24) is 5.32 Å². The van der Waals surface area contributed by atoms with Crippen molar-refractivity contribution >= 4 is 0 Å². The van der Waals surface area contributed by atoms with E-state index in [-0.39, 0.29) is 5.72 Å². The fourth-order valence-corrected chi connectivity index (χ4v) is 1.89. The Bertz CT molecular complexity index is 294. The van der Waals surface area contributed by atoms with E-state index < -0.39 is 0 Å². The van der Waals surface area contributed by atoms with Gasteiger partial charge >= 0.3 is 0 Å². The minimum Gasteiger partial charge on any atom is -0.360 e. The van der Waals surface area contributed by atoms with Crippen molar-refractivity contribution in [2.75, 3.05) is 6.61 Å². The highest BCUT2D eigenvalue weighted by Crippen LogP contribution is 2.16. The summed E-state index contributed by atoms with van der Waals surface area (Å²) >= 11 is 0. The van der Waals surface area contributed by atoms with Crippen molar-refractivity contribution in [3.63, 3.8) is 0 Å². The normalized spacial score (nSPS) is 25.1. The van der Waals surface area contributed by atoms with Gasteiger partial charge in [0.15, 0.2) is 0 Å². The summed E-state index contributed by atoms with van der Waals surface area (Å²) in [6, 6.07) is 11.0. The second-order valence-electron chi connectivity index (χ2n) is 4.35. The number of benzene rings is 1. The Hall–Kier alpha value is -0.860. The first-order valence-corrected chi connectivity index (χ1v) is 5.11. The Morgan fingerprint density at radius 2 is 2.07 bits per heavy atom. The Kier molecular flexibility index (Phi) is 2.57. The Labute approximate surface area is 85.3 Å². The van der Waals surface area contributed by atoms with E-state index in [2.05, 4.69) is 43.4 Å². The monoisotopic (exact) mass is 191 g/mol. The molecule has 0 unspecified atom stereocenters. The largest absolute Gasteiger partial charge is 0.360 e. The van der Waals surface area contributed by atoms with Gasteiger partial charge in [0, 0.05) is 6.04 Å². The molecule has 0 amide bonds. The van der Waals surface area contributed by atoms with Crippen LogP contribution in [0, 0.1) is 0 Å². The first-order valence-electron chi connectivity index (χ1n) is 5.11. The zero-order valence-corrected chi connectivity index (χ0v) is 8.79. The van der Waals surface area contributed by atoms with Gasteiger partial charge < -0.3 is 4.74 Å². The van der Waals surface area contributed by atoms with Crippen LogP contribution in [0.3, 0.4) is 0 Å². The van der Waals surface area contributed by atoms with E-state index in [4.69, 9.17) is 4.74 Å². The standard InChI is InChI=1S/C12H17NO/c1-12(2)13-11(9-14-12)8-10-6-4-3-5-7-10/h3-7,11,13H,8-9H2,1-2H3/t11-/m1/s1. The highest BCUT2D eigenvalue weighted by atomic mass is 16.5. The molecule has 0 bridgehead atoms. The highest BCUT2D eigenvalue weighted by Gasteiger charge is 2.30. The molecule has 14 heavy (non-hydrogen) atoms. The second-order valence-corrected chi connectivity index (χ2v) is 4.35. The Balaban J connectivity index is 1.94. The van der Waals surface area contributed by atoms with Gasteiger partial charge in [-0.05, 0) is 25.8 Å². The fourth-order valence-electron chi connectivity index (χ4n) is 1.89. The summed E-state index contributed by atoms with van der Waals surface area (Å²) in [5, 5.41) is 3.46. The van der Waals surface area contributed by atoms with Crippen LogP contribution in [0.15, 0.2) is 30.3 Å². The Morgan fingerprint density at radius 1 is 1.36 bits per heavy atom. The Morgan fingerprint density at radius 3 is 2.64 bits per heavy atom. The first kappa shape index (κ1) is 9.69. The molecule has 1 fully saturated rings. The van der Waals surface area contributed by atoms with Gasteiger partial charge in [-0.15, -0.1) is 0 Å². The van der Waals surface area contributed by atoms with Gasteiger partial charge in [-0.1, -0.05) is 30.3 Å². The van der Waals surface area contributed by atoms with E-state index in [1.165, 1.54) is 5.56 Å². The van der Waals surface area contributed by atoms with E-state index in [1.54, 1.807) is 0 Å². The summed E-state index contributed by atoms with van der Waals surface area (Å²) in [7, 11) is 0. The molecule has 2 nitrogen and oxygen atoms in total. The number of nitrogens with one attached hydrogen (secondary N) is 1. The number of ether oxygens (including phenoxy) is 1. The van der Waals surface area contributed by atoms with Gasteiger partial charge in [0.2, 0.25) is 0 Å². The van der Waals surface area contributed by atoms with Crippen LogP contribution in [0.25, 0.3) is 0 Å². The summed E-state index contributed by atoms with van der Waals surface area (Å²) in [6.45, 7) is 4.94. The van der Waals surface area contributed by atoms with Crippen LogP contribution in [-0.2, 0) is 11.2 Å². The quantitative estimate of drug-likeness (QED) is 0.771. The molecule has 0 radical (unpaired) electrons. The zero-order valence-electron chi connectivity index (χ0n) is 8.79. The van der Waals surface area contributed by atoms with Crippen molar-refractivity contribution in [1.29, 1.82) is 0 Å². The molecule has 1 aromatic carbocycles. The molecular weight excluding hydrogens is 174 g/mol. The highest BCUT2D eigenvalue weighted by molar-refractivity contribution is 5.16. The predicted octanol–water partition coefficient (Wildman–Crippen LogP) is 1.95. The summed E-state index contributed by atoms with van der Waals surface area (Å²) in [5.74, 6) is 0. The lowest BCUT2D eigenvalue weighted by Crippen LogP contribution is -2.39. The molecule has 2 rings (SSSR count). The second kappa shape index (κ2) is 3.71. The average Bonchev–Trinajstić information content (AvgIpc) is 2.47. The predicted molar refractivity (Wildman–Crippen MR) is 57.1 cm³/mol. The van der Waals surface area contributed by atoms with Crippen molar-refractivity contribution in [3.8, 4) is 0 Å². The molecule has 1 aliphatic rings. The zero-order chi connectivity index (χ0) is 10.0. The molecule has 0 spiro atoms. The number of hydrogen-bond donors (Lipinski definition) is 1. The van der Waals surface area contributed by atoms with Crippen molar-refractivity contribution < 1.29 is 4.74 Å². The van der Waals surface area contributed by atoms with Gasteiger partial charge in [0.1, 0.15) is 5.72 Å². The van der Waals surface area contributed by atoms with E-state index in [0.29, 0.717) is 6.04 Å². The molecule has 1 atom stereocenters. The topological polar surface area (TPSA) is 21.3 Å². The maximum atomic E-state index is 5.61. The molecule has 1 aliphatic heterocycles. The van der Waals surface area contributed by atoms with Gasteiger partial charge in [-0.25, -0.2) is 0 Å². The van der Waals surface area contributed by atoms with E-state index in [9.17, 15) is 0 Å². The molecule has 0 aromatic heterocycles. The van der Waals surface area contributed by atoms with E-state index in [1.807, 2.05) is 6.07 Å². The van der Waals surface area contributed by atoms with Crippen LogP contribution in [0.4, 0.5) is 0 Å². The van der Waals surface area contributed by atoms with Crippen LogP contribution in [-0.4, -0.2) is 18.4 Å². The summed E-state index contributed by atoms with van der Waals surface area (Å²) < 4.78 is 5.61. The lowest BCUT2D eigenvalue weighted by Gasteiger charge is -2.18. The van der Waals surface area contributed by atoms with Gasteiger partial charge in [0.05, 0.1) is 6.61 Å². The van der Waals surface area contributed by atoms with Crippen LogP contribution >= 0.6 is 0 Å². The summed E-state index contributed by atoms with van der Waals surface area (Å²) in [5.41, 5.74) is 1.21. The molecule has 0 aliphatic carbocycles. The maximum absolute atomic E-state index is 5.61. The molecule has 2 heteroatoms. The van der Waals surface area contributed by atoms with Crippen LogP contribution in [0.5, 0.6) is 0 Å². The molecule has 1 aromatic rings. The molecule has 0 saturated carbocycles. The maximum Gasteiger partial charge on any atom is 0.113 e. The average molecular weight is 191 g/mol. The van der Waals surface area contributed by atoms with Crippen molar-refractivity contribution in [2.24, 2.45) is 0 Å². The minimum atomic E-state index is -0.153. The third-order valence-corrected chi connectivity index (χ3v) is 2.52. The van der Waals surface area contributed by atoms with Crippen molar-refractivity contribution in [2.45, 2.75) is 32.0 Å². The van der Waals surface area contributed by atoms with E-state index >= 15 is 0 Å². The van der Waals surface area contributed by atoms with Gasteiger partial charge in [-0.3, -0.25) is 5.32 Å². The third-order valence-electron chi connectivity index (χ3n) is 2.52. The number of rotatable bonds is 2. The molecule has 1 heterocycles. The SMILES string of the molecule is CC1(C)N[C@H](Cc2ccccc2)CO1. The smallest absolute Gasteiger partial charge is 0.113 e. The third kappa shape index (κ3) is 2.34. The molecule has 76 valence electrons. The van der Waals surface area contributed by atoms with Gasteiger partial charge in [-0.2, -0.15) is 0 Å². The molecular formula is C12H17NO. The van der Waals surface area contributed by atoms with E-state index in [0.717, 1.165) is 13.0 Å². The fraction of sp³-hybridized carbons (Fsp3) is 0.500. The molecule has 1 N–H and O–H groups in total. The summed E-state index contributed by atoms with van der Waals surface area (Å²) in [4.78, 5) is 0. The lowest BCUT2D eigenvalue weighted by molar-refractivity contribution is 0.0231. The summed E-state index contributed by atoms with van der Waals surface area (Å²) in [6.07, 6.45) is 1.05. The van der Waals surface area contributed by atoms with Crippen LogP contribution in [0.1, 0.15) is 19.4 Å².